The summed E-state index contributed by atoms with van der Waals surface area (Å²) in [5.74, 6) is -0.553. The minimum atomic E-state index is -0.833. The fraction of sp³-hybridized carbons (Fsp3) is 0.421. The molecule has 6 heteroatoms. The smallest absolute Gasteiger partial charge is 0.224 e. The molecular formula is C19H23NO5. The minimum Gasteiger partial charge on any atom is -0.502 e. The predicted octanol–water partition coefficient (Wildman–Crippen LogP) is 3.13. The molecule has 1 aromatic carbocycles. The summed E-state index contributed by atoms with van der Waals surface area (Å²) in [7, 11) is 0. The maximum absolute atomic E-state index is 11.6. The van der Waals surface area contributed by atoms with Crippen molar-refractivity contribution in [3.63, 3.8) is 0 Å². The van der Waals surface area contributed by atoms with Crippen LogP contribution in [0.5, 0.6) is 0 Å². The second-order valence-corrected chi connectivity index (χ2v) is 5.88. The SMILES string of the molecule is CCO/C=C/COC[C@@H]1C=C(C=O)C[C@@H]([N+](=O)[O-])[C@H]1c1ccccc1. The molecule has 0 spiro atoms. The lowest BCUT2D eigenvalue weighted by atomic mass is 9.74. The van der Waals surface area contributed by atoms with E-state index in [1.165, 1.54) is 0 Å². The van der Waals surface area contributed by atoms with Crippen LogP contribution >= 0.6 is 0 Å². The third-order valence-corrected chi connectivity index (χ3v) is 4.24. The third kappa shape index (κ3) is 5.26. The standard InChI is InChI=1S/C19H23NO5/c1-2-24-9-6-10-25-14-17-11-15(13-21)12-18(20(22)23)19(17)16-7-4-3-5-8-16/h3-9,11,13,17-19H,2,10,12,14H2,1H3/b9-6+/t17-,18+,19-/m0/s1. The van der Waals surface area contributed by atoms with E-state index in [0.29, 0.717) is 31.7 Å². The summed E-state index contributed by atoms with van der Waals surface area (Å²) >= 11 is 0. The lowest BCUT2D eigenvalue weighted by Crippen LogP contribution is -2.37. The van der Waals surface area contributed by atoms with Crippen molar-refractivity contribution in [1.29, 1.82) is 0 Å². The zero-order chi connectivity index (χ0) is 18.1. The maximum Gasteiger partial charge on any atom is 0.224 e. The molecule has 0 aliphatic heterocycles. The van der Waals surface area contributed by atoms with Crippen molar-refractivity contribution in [3.8, 4) is 0 Å². The second-order valence-electron chi connectivity index (χ2n) is 5.88. The molecule has 0 heterocycles. The van der Waals surface area contributed by atoms with Gasteiger partial charge in [-0.25, -0.2) is 0 Å². The average molecular weight is 345 g/mol. The largest absolute Gasteiger partial charge is 0.502 e. The van der Waals surface area contributed by atoms with Gasteiger partial charge in [-0.2, -0.15) is 0 Å². The Morgan fingerprint density at radius 1 is 1.32 bits per heavy atom. The summed E-state index contributed by atoms with van der Waals surface area (Å²) < 4.78 is 10.7. The Labute approximate surface area is 147 Å². The Bertz CT molecular complexity index is 626. The molecule has 0 saturated heterocycles. The van der Waals surface area contributed by atoms with Gasteiger partial charge in [0, 0.05) is 17.3 Å². The van der Waals surface area contributed by atoms with E-state index in [0.717, 1.165) is 5.56 Å². The van der Waals surface area contributed by atoms with Crippen LogP contribution in [0.3, 0.4) is 0 Å². The van der Waals surface area contributed by atoms with Crippen molar-refractivity contribution in [2.75, 3.05) is 19.8 Å². The molecule has 2 rings (SSSR count). The van der Waals surface area contributed by atoms with Gasteiger partial charge in [0.15, 0.2) is 0 Å². The molecule has 0 unspecified atom stereocenters. The van der Waals surface area contributed by atoms with Gasteiger partial charge >= 0.3 is 0 Å². The van der Waals surface area contributed by atoms with E-state index in [2.05, 4.69) is 0 Å². The molecule has 134 valence electrons. The van der Waals surface area contributed by atoms with Crippen LogP contribution in [0.2, 0.25) is 0 Å². The highest BCUT2D eigenvalue weighted by Crippen LogP contribution is 2.38. The van der Waals surface area contributed by atoms with Gasteiger partial charge in [-0.05, 0) is 24.1 Å². The summed E-state index contributed by atoms with van der Waals surface area (Å²) in [6, 6.07) is 8.57. The van der Waals surface area contributed by atoms with Crippen LogP contribution in [0.25, 0.3) is 0 Å². The number of carbonyl (C=O) groups is 1. The van der Waals surface area contributed by atoms with Crippen molar-refractivity contribution < 1.29 is 19.2 Å². The van der Waals surface area contributed by atoms with E-state index in [4.69, 9.17) is 9.47 Å². The highest BCUT2D eigenvalue weighted by molar-refractivity contribution is 5.73. The highest BCUT2D eigenvalue weighted by atomic mass is 16.6. The molecule has 1 aromatic rings. The minimum absolute atomic E-state index is 0.150. The van der Waals surface area contributed by atoms with Crippen LogP contribution in [0, 0.1) is 16.0 Å². The molecule has 1 aliphatic carbocycles. The predicted molar refractivity (Wildman–Crippen MR) is 93.8 cm³/mol. The van der Waals surface area contributed by atoms with E-state index < -0.39 is 6.04 Å². The number of aldehydes is 1. The van der Waals surface area contributed by atoms with E-state index in [-0.39, 0.29) is 23.2 Å². The first-order valence-electron chi connectivity index (χ1n) is 8.36. The van der Waals surface area contributed by atoms with E-state index in [1.807, 2.05) is 43.3 Å². The van der Waals surface area contributed by atoms with Crippen LogP contribution < -0.4 is 0 Å². The Morgan fingerprint density at radius 3 is 2.72 bits per heavy atom. The molecule has 1 aliphatic rings. The van der Waals surface area contributed by atoms with Crippen LogP contribution in [0.1, 0.15) is 24.8 Å². The Kier molecular flexibility index (Phi) is 7.35. The van der Waals surface area contributed by atoms with Crippen molar-refractivity contribution in [3.05, 3.63) is 70.0 Å². The van der Waals surface area contributed by atoms with Gasteiger partial charge in [-0.3, -0.25) is 14.9 Å². The molecule has 0 fully saturated rings. The zero-order valence-electron chi connectivity index (χ0n) is 14.2. The van der Waals surface area contributed by atoms with Gasteiger partial charge in [-0.1, -0.05) is 36.4 Å². The molecule has 0 saturated carbocycles. The number of hydrogen-bond donors (Lipinski definition) is 0. The Morgan fingerprint density at radius 2 is 2.08 bits per heavy atom. The number of hydrogen-bond acceptors (Lipinski definition) is 5. The van der Waals surface area contributed by atoms with Gasteiger partial charge < -0.3 is 9.47 Å². The summed E-state index contributed by atoms with van der Waals surface area (Å²) in [4.78, 5) is 22.5. The van der Waals surface area contributed by atoms with E-state index in [9.17, 15) is 14.9 Å². The number of nitro groups is 1. The van der Waals surface area contributed by atoms with Crippen LogP contribution in [0.15, 0.2) is 54.3 Å². The quantitative estimate of drug-likeness (QED) is 0.226. The molecule has 0 amide bonds. The fourth-order valence-electron chi connectivity index (χ4n) is 3.17. The second kappa shape index (κ2) is 9.74. The van der Waals surface area contributed by atoms with Crippen LogP contribution in [0.4, 0.5) is 0 Å². The molecule has 0 N–H and O–H groups in total. The summed E-state index contributed by atoms with van der Waals surface area (Å²) in [5.41, 5.74) is 1.36. The van der Waals surface area contributed by atoms with Gasteiger partial charge in [0.1, 0.15) is 6.29 Å². The topological polar surface area (TPSA) is 78.7 Å². The van der Waals surface area contributed by atoms with Gasteiger partial charge in [-0.15, -0.1) is 0 Å². The molecule has 25 heavy (non-hydrogen) atoms. The van der Waals surface area contributed by atoms with Gasteiger partial charge in [0.05, 0.1) is 32.0 Å². The number of benzene rings is 1. The lowest BCUT2D eigenvalue weighted by molar-refractivity contribution is -0.528. The highest BCUT2D eigenvalue weighted by Gasteiger charge is 2.41. The Hall–Kier alpha value is -2.47. The molecule has 3 atom stereocenters. The number of ether oxygens (including phenoxy) is 2. The van der Waals surface area contributed by atoms with Crippen molar-refractivity contribution in [2.24, 2.45) is 5.92 Å². The first kappa shape index (κ1) is 18.9. The maximum atomic E-state index is 11.6. The first-order chi connectivity index (χ1) is 12.2. The normalized spacial score (nSPS) is 23.2. The summed E-state index contributed by atoms with van der Waals surface area (Å²) in [5, 5.41) is 11.6. The monoisotopic (exact) mass is 345 g/mol. The van der Waals surface area contributed by atoms with Gasteiger partial charge in [0.25, 0.3) is 0 Å². The zero-order valence-corrected chi connectivity index (χ0v) is 14.2. The third-order valence-electron chi connectivity index (χ3n) is 4.24. The van der Waals surface area contributed by atoms with Crippen LogP contribution in [-0.2, 0) is 14.3 Å². The lowest BCUT2D eigenvalue weighted by Gasteiger charge is -2.31. The molecule has 0 aromatic heterocycles. The molecule has 6 nitrogen and oxygen atoms in total. The molecule has 0 radical (unpaired) electrons. The van der Waals surface area contributed by atoms with Crippen molar-refractivity contribution in [1.82, 2.24) is 0 Å². The van der Waals surface area contributed by atoms with E-state index >= 15 is 0 Å². The average Bonchev–Trinajstić information content (AvgIpc) is 2.64. The first-order valence-corrected chi connectivity index (χ1v) is 8.36. The Balaban J connectivity index is 2.18. The van der Waals surface area contributed by atoms with Crippen LogP contribution in [-0.4, -0.2) is 37.1 Å². The number of carbonyl (C=O) groups excluding carboxylic acids is 1. The summed E-state index contributed by atoms with van der Waals surface area (Å²) in [6.07, 6.45) is 5.99. The number of nitrogens with zero attached hydrogens (tertiary/aromatic N) is 1. The van der Waals surface area contributed by atoms with Gasteiger partial charge in [0.2, 0.25) is 6.04 Å². The fourth-order valence-corrected chi connectivity index (χ4v) is 3.17. The van der Waals surface area contributed by atoms with Crippen molar-refractivity contribution in [2.45, 2.75) is 25.3 Å². The van der Waals surface area contributed by atoms with Crippen molar-refractivity contribution >= 4 is 6.29 Å². The molecule has 0 bridgehead atoms. The molecular weight excluding hydrogens is 322 g/mol. The number of rotatable bonds is 9. The van der Waals surface area contributed by atoms with E-state index in [1.54, 1.807) is 12.3 Å². The summed E-state index contributed by atoms with van der Waals surface area (Å²) in [6.45, 7) is 3.13.